The predicted molar refractivity (Wildman–Crippen MR) is 78.7 cm³/mol. The fourth-order valence-corrected chi connectivity index (χ4v) is 3.02. The Hall–Kier alpha value is -1.16. The zero-order valence-electron chi connectivity index (χ0n) is 9.98. The first-order chi connectivity index (χ1) is 8.99. The second kappa shape index (κ2) is 5.87. The number of rotatable bonds is 3. The molecule has 0 bridgehead atoms. The molecule has 0 saturated carbocycles. The molecule has 1 N–H and O–H groups in total. The molecule has 2 rings (SSSR count). The summed E-state index contributed by atoms with van der Waals surface area (Å²) in [4.78, 5) is 12.8. The van der Waals surface area contributed by atoms with E-state index in [0.717, 1.165) is 10.5 Å². The van der Waals surface area contributed by atoms with Crippen LogP contribution < -0.4 is 0 Å². The number of carboxylic acids is 1. The number of hydrogen-bond acceptors (Lipinski definition) is 2. The Kier molecular flexibility index (Phi) is 4.40. The van der Waals surface area contributed by atoms with E-state index in [1.165, 1.54) is 11.8 Å². The van der Waals surface area contributed by atoms with Gasteiger partial charge in [0.2, 0.25) is 0 Å². The lowest BCUT2D eigenvalue weighted by atomic mass is 10.1. The van der Waals surface area contributed by atoms with Crippen molar-refractivity contribution in [2.24, 2.45) is 0 Å². The first-order valence-electron chi connectivity index (χ1n) is 5.45. The Balaban J connectivity index is 2.42. The van der Waals surface area contributed by atoms with Crippen molar-refractivity contribution < 1.29 is 9.90 Å². The maximum atomic E-state index is 11.2. The molecule has 0 unspecified atom stereocenters. The number of carboxylic acid groups (broad SMARTS) is 1. The normalized spacial score (nSPS) is 10.5. The van der Waals surface area contributed by atoms with Gasteiger partial charge in [-0.3, -0.25) is 0 Å². The molecule has 5 heteroatoms. The number of aryl methyl sites for hydroxylation is 1. The van der Waals surface area contributed by atoms with E-state index < -0.39 is 5.97 Å². The molecule has 0 atom stereocenters. The minimum absolute atomic E-state index is 0.288. The third kappa shape index (κ3) is 3.24. The van der Waals surface area contributed by atoms with Gasteiger partial charge in [-0.25, -0.2) is 4.79 Å². The zero-order chi connectivity index (χ0) is 14.0. The molecule has 0 spiro atoms. The van der Waals surface area contributed by atoms with Crippen LogP contribution >= 0.6 is 35.0 Å². The van der Waals surface area contributed by atoms with Gasteiger partial charge < -0.3 is 5.11 Å². The Labute approximate surface area is 125 Å². The lowest BCUT2D eigenvalue weighted by molar-refractivity contribution is 0.0693. The van der Waals surface area contributed by atoms with Crippen LogP contribution in [0.15, 0.2) is 46.2 Å². The monoisotopic (exact) mass is 312 g/mol. The smallest absolute Gasteiger partial charge is 0.336 e. The van der Waals surface area contributed by atoms with Gasteiger partial charge in [-0.1, -0.05) is 47.1 Å². The Morgan fingerprint density at radius 1 is 1.16 bits per heavy atom. The van der Waals surface area contributed by atoms with Crippen LogP contribution in [0.5, 0.6) is 0 Å². The van der Waals surface area contributed by atoms with Crippen LogP contribution in [-0.4, -0.2) is 11.1 Å². The molecular formula is C14H10Cl2O2S. The first-order valence-corrected chi connectivity index (χ1v) is 7.02. The summed E-state index contributed by atoms with van der Waals surface area (Å²) in [5.41, 5.74) is 1.20. The number of halogens is 2. The van der Waals surface area contributed by atoms with Crippen LogP contribution in [0.4, 0.5) is 0 Å². The molecule has 0 aromatic heterocycles. The molecule has 0 amide bonds. The van der Waals surface area contributed by atoms with Crippen LogP contribution in [0, 0.1) is 6.92 Å². The summed E-state index contributed by atoms with van der Waals surface area (Å²) in [7, 11) is 0. The molecule has 2 nitrogen and oxygen atoms in total. The zero-order valence-corrected chi connectivity index (χ0v) is 12.3. The lowest BCUT2D eigenvalue weighted by Gasteiger charge is -2.09. The highest BCUT2D eigenvalue weighted by Crippen LogP contribution is 2.36. The molecule has 2 aromatic rings. The minimum Gasteiger partial charge on any atom is -0.478 e. The van der Waals surface area contributed by atoms with Crippen LogP contribution in [0.1, 0.15) is 15.9 Å². The highest BCUT2D eigenvalue weighted by Gasteiger charge is 2.13. The largest absolute Gasteiger partial charge is 0.478 e. The maximum absolute atomic E-state index is 11.2. The van der Waals surface area contributed by atoms with Gasteiger partial charge in [0.25, 0.3) is 0 Å². The van der Waals surface area contributed by atoms with Gasteiger partial charge in [0.1, 0.15) is 0 Å². The van der Waals surface area contributed by atoms with Crippen molar-refractivity contribution in [2.45, 2.75) is 16.7 Å². The number of hydrogen-bond donors (Lipinski definition) is 1. The summed E-state index contributed by atoms with van der Waals surface area (Å²) in [6, 6.07) is 10.5. The molecule has 0 saturated heterocycles. The molecule has 98 valence electrons. The SMILES string of the molecule is Cc1cccc(C(=O)O)c1Sc1ccc(Cl)c(Cl)c1. The molecule has 0 aliphatic heterocycles. The topological polar surface area (TPSA) is 37.3 Å². The van der Waals surface area contributed by atoms with Gasteiger partial charge in [0, 0.05) is 9.79 Å². The molecule has 0 aliphatic carbocycles. The second-order valence-electron chi connectivity index (χ2n) is 3.93. The molecule has 0 heterocycles. The van der Waals surface area contributed by atoms with Crippen molar-refractivity contribution in [1.29, 1.82) is 0 Å². The van der Waals surface area contributed by atoms with Crippen LogP contribution in [0.25, 0.3) is 0 Å². The number of aromatic carboxylic acids is 1. The van der Waals surface area contributed by atoms with Gasteiger partial charge in [-0.15, -0.1) is 0 Å². The second-order valence-corrected chi connectivity index (χ2v) is 5.83. The van der Waals surface area contributed by atoms with E-state index in [9.17, 15) is 9.90 Å². The van der Waals surface area contributed by atoms with Crippen molar-refractivity contribution >= 4 is 40.9 Å². The minimum atomic E-state index is -0.939. The van der Waals surface area contributed by atoms with Crippen molar-refractivity contribution in [3.63, 3.8) is 0 Å². The Morgan fingerprint density at radius 3 is 2.53 bits per heavy atom. The number of carbonyl (C=O) groups is 1. The molecule has 2 aromatic carbocycles. The summed E-state index contributed by atoms with van der Waals surface area (Å²) in [6.45, 7) is 1.88. The standard InChI is InChI=1S/C14H10Cl2O2S/c1-8-3-2-4-10(14(17)18)13(8)19-9-5-6-11(15)12(16)7-9/h2-7H,1H3,(H,17,18). The summed E-state index contributed by atoms with van der Waals surface area (Å²) in [5, 5.41) is 10.1. The van der Waals surface area contributed by atoms with Crippen molar-refractivity contribution in [3.05, 3.63) is 57.6 Å². The molecule has 0 aliphatic rings. The summed E-state index contributed by atoms with van der Waals surface area (Å²) >= 11 is 13.2. The highest BCUT2D eigenvalue weighted by molar-refractivity contribution is 7.99. The average molecular weight is 313 g/mol. The van der Waals surface area contributed by atoms with Gasteiger partial charge in [0.05, 0.1) is 15.6 Å². The van der Waals surface area contributed by atoms with E-state index in [0.29, 0.717) is 14.9 Å². The summed E-state index contributed by atoms with van der Waals surface area (Å²) < 4.78 is 0. The van der Waals surface area contributed by atoms with Crippen LogP contribution in [-0.2, 0) is 0 Å². The van der Waals surface area contributed by atoms with Gasteiger partial charge in [0.15, 0.2) is 0 Å². The molecular weight excluding hydrogens is 303 g/mol. The summed E-state index contributed by atoms with van der Waals surface area (Å²) in [5.74, 6) is -0.939. The highest BCUT2D eigenvalue weighted by atomic mass is 35.5. The van der Waals surface area contributed by atoms with E-state index in [1.807, 2.05) is 19.1 Å². The Morgan fingerprint density at radius 2 is 1.89 bits per heavy atom. The van der Waals surface area contributed by atoms with Crippen molar-refractivity contribution in [1.82, 2.24) is 0 Å². The van der Waals surface area contributed by atoms with Crippen LogP contribution in [0.2, 0.25) is 10.0 Å². The predicted octanol–water partition coefficient (Wildman–Crippen LogP) is 5.15. The van der Waals surface area contributed by atoms with E-state index in [2.05, 4.69) is 0 Å². The molecule has 0 fully saturated rings. The lowest BCUT2D eigenvalue weighted by Crippen LogP contribution is -2.00. The van der Waals surface area contributed by atoms with E-state index in [-0.39, 0.29) is 5.56 Å². The van der Waals surface area contributed by atoms with E-state index in [4.69, 9.17) is 23.2 Å². The molecule has 0 radical (unpaired) electrons. The van der Waals surface area contributed by atoms with E-state index in [1.54, 1.807) is 24.3 Å². The fraction of sp³-hybridized carbons (Fsp3) is 0.0714. The third-order valence-corrected chi connectivity index (χ3v) is 4.53. The maximum Gasteiger partial charge on any atom is 0.336 e. The molecule has 19 heavy (non-hydrogen) atoms. The average Bonchev–Trinajstić information content (AvgIpc) is 2.36. The first kappa shape index (κ1) is 14.3. The quantitative estimate of drug-likeness (QED) is 0.851. The number of benzene rings is 2. The van der Waals surface area contributed by atoms with E-state index >= 15 is 0 Å². The Bertz CT molecular complexity index is 641. The van der Waals surface area contributed by atoms with Crippen molar-refractivity contribution in [3.8, 4) is 0 Å². The van der Waals surface area contributed by atoms with Gasteiger partial charge >= 0.3 is 5.97 Å². The third-order valence-electron chi connectivity index (χ3n) is 2.55. The fourth-order valence-electron chi connectivity index (χ4n) is 1.61. The van der Waals surface area contributed by atoms with Gasteiger partial charge in [-0.2, -0.15) is 0 Å². The van der Waals surface area contributed by atoms with Crippen molar-refractivity contribution in [2.75, 3.05) is 0 Å². The summed E-state index contributed by atoms with van der Waals surface area (Å²) in [6.07, 6.45) is 0. The van der Waals surface area contributed by atoms with Gasteiger partial charge in [-0.05, 0) is 36.8 Å². The van der Waals surface area contributed by atoms with Crippen LogP contribution in [0.3, 0.4) is 0 Å².